The molecule has 29 heavy (non-hydrogen) atoms. The maximum Gasteiger partial charge on any atom is 0.169 e. The van der Waals surface area contributed by atoms with Crippen LogP contribution in [0.3, 0.4) is 0 Å². The van der Waals surface area contributed by atoms with Crippen molar-refractivity contribution in [1.82, 2.24) is 0 Å². The van der Waals surface area contributed by atoms with Gasteiger partial charge in [0.1, 0.15) is 6.29 Å². The van der Waals surface area contributed by atoms with Crippen LogP contribution in [0.2, 0.25) is 0 Å². The van der Waals surface area contributed by atoms with Crippen LogP contribution in [0.1, 0.15) is 39.0 Å². The lowest BCUT2D eigenvalue weighted by molar-refractivity contribution is -0.107. The molecule has 3 rings (SSSR count). The van der Waals surface area contributed by atoms with Gasteiger partial charge in [0.05, 0.1) is 5.66 Å². The van der Waals surface area contributed by atoms with Gasteiger partial charge in [-0.05, 0) is 37.1 Å². The third kappa shape index (κ3) is 4.88. The SMILES string of the molecule is CCCCC/C=C/C(CC=O)[P]1(O)N(c2ccccc2)CCN1c1ccccc1. The van der Waals surface area contributed by atoms with Gasteiger partial charge in [-0.15, -0.1) is 0 Å². The highest BCUT2D eigenvalue weighted by Gasteiger charge is 2.49. The molecule has 5 heteroatoms. The van der Waals surface area contributed by atoms with E-state index < -0.39 is 7.79 Å². The first kappa shape index (κ1) is 21.5. The molecule has 1 fully saturated rings. The molecule has 0 bridgehead atoms. The Labute approximate surface area is 175 Å². The number of allylic oxidation sites excluding steroid dienone is 2. The zero-order valence-corrected chi connectivity index (χ0v) is 18.1. The van der Waals surface area contributed by atoms with Gasteiger partial charge in [-0.1, -0.05) is 68.3 Å². The standard InChI is InChI=1S/C24H32N2O2P/c1-2-3-4-5-12-17-24(18-21-27)29(28)25(22-13-8-6-9-14-22)19-20-26(29)23-15-10-7-11-16-23/h6-17,21,24,28H,2-5,18-20H2,1H3/b17-12+. The monoisotopic (exact) mass is 411 g/mol. The van der Waals surface area contributed by atoms with Gasteiger partial charge in [-0.2, -0.15) is 0 Å². The summed E-state index contributed by atoms with van der Waals surface area (Å²) in [4.78, 5) is 23.8. The second-order valence-electron chi connectivity index (χ2n) is 7.43. The Morgan fingerprint density at radius 3 is 2.00 bits per heavy atom. The van der Waals surface area contributed by atoms with Crippen LogP contribution in [-0.2, 0) is 4.79 Å². The van der Waals surface area contributed by atoms with Gasteiger partial charge in [0.25, 0.3) is 0 Å². The molecule has 155 valence electrons. The summed E-state index contributed by atoms with van der Waals surface area (Å²) in [5.41, 5.74) is 1.80. The van der Waals surface area contributed by atoms with E-state index in [1.54, 1.807) is 0 Å². The summed E-state index contributed by atoms with van der Waals surface area (Å²) in [6.45, 7) is 3.67. The second kappa shape index (κ2) is 10.6. The number of carbonyl (C=O) groups excluding carboxylic acids is 1. The molecular formula is C24H32N2O2P. The Morgan fingerprint density at radius 2 is 1.52 bits per heavy atom. The van der Waals surface area contributed by atoms with E-state index in [4.69, 9.17) is 0 Å². The fourth-order valence-electron chi connectivity index (χ4n) is 3.97. The van der Waals surface area contributed by atoms with Gasteiger partial charge in [-0.25, -0.2) is 0 Å². The molecule has 0 spiro atoms. The van der Waals surface area contributed by atoms with Crippen molar-refractivity contribution in [3.63, 3.8) is 0 Å². The molecule has 1 radical (unpaired) electrons. The number of anilines is 2. The summed E-state index contributed by atoms with van der Waals surface area (Å²) in [5, 5.41) is 0. The molecule has 1 N–H and O–H groups in total. The molecule has 4 nitrogen and oxygen atoms in total. The molecule has 2 aromatic carbocycles. The fourth-order valence-corrected chi connectivity index (χ4v) is 7.38. The highest BCUT2D eigenvalue weighted by Crippen LogP contribution is 2.70. The number of aldehydes is 1. The first-order valence-electron chi connectivity index (χ1n) is 10.6. The normalized spacial score (nSPS) is 17.0. The predicted molar refractivity (Wildman–Crippen MR) is 124 cm³/mol. The largest absolute Gasteiger partial charge is 0.345 e. The Kier molecular flexibility index (Phi) is 7.85. The Hall–Kier alpha value is -2.16. The first-order valence-corrected chi connectivity index (χ1v) is 12.3. The van der Waals surface area contributed by atoms with E-state index in [2.05, 4.69) is 28.4 Å². The highest BCUT2D eigenvalue weighted by atomic mass is 31.2. The summed E-state index contributed by atoms with van der Waals surface area (Å²) >= 11 is 0. The summed E-state index contributed by atoms with van der Waals surface area (Å²) in [6, 6.07) is 20.2. The topological polar surface area (TPSA) is 43.8 Å². The van der Waals surface area contributed by atoms with Gasteiger partial charge in [0.2, 0.25) is 0 Å². The lowest BCUT2D eigenvalue weighted by Gasteiger charge is -2.46. The minimum atomic E-state index is -2.82. The van der Waals surface area contributed by atoms with Gasteiger partial charge < -0.3 is 19.0 Å². The Bertz CT molecular complexity index is 734. The molecule has 1 saturated heterocycles. The summed E-state index contributed by atoms with van der Waals surface area (Å²) < 4.78 is 4.29. The first-order chi connectivity index (χ1) is 14.2. The smallest absolute Gasteiger partial charge is 0.169 e. The number of hydrogen-bond acceptors (Lipinski definition) is 4. The maximum atomic E-state index is 12.3. The van der Waals surface area contributed by atoms with Crippen LogP contribution in [0.15, 0.2) is 72.8 Å². The van der Waals surface area contributed by atoms with Crippen LogP contribution in [0, 0.1) is 0 Å². The zero-order valence-electron chi connectivity index (χ0n) is 17.2. The molecule has 1 atom stereocenters. The molecule has 1 aliphatic rings. The van der Waals surface area contributed by atoms with E-state index >= 15 is 0 Å². The molecule has 2 aromatic rings. The molecule has 1 aliphatic heterocycles. The number of benzene rings is 2. The Morgan fingerprint density at radius 1 is 0.966 bits per heavy atom. The molecule has 0 amide bonds. The van der Waals surface area contributed by atoms with E-state index in [-0.39, 0.29) is 5.66 Å². The molecule has 1 heterocycles. The molecule has 0 aliphatic carbocycles. The van der Waals surface area contributed by atoms with Crippen molar-refractivity contribution < 1.29 is 9.69 Å². The number of nitrogens with zero attached hydrogens (tertiary/aromatic N) is 2. The minimum Gasteiger partial charge on any atom is -0.345 e. The average molecular weight is 412 g/mol. The van der Waals surface area contributed by atoms with Crippen LogP contribution in [0.5, 0.6) is 0 Å². The maximum absolute atomic E-state index is 12.3. The van der Waals surface area contributed by atoms with Crippen LogP contribution < -0.4 is 9.34 Å². The van der Waals surface area contributed by atoms with Crippen LogP contribution in [0.4, 0.5) is 11.4 Å². The number of unbranched alkanes of at least 4 members (excludes halogenated alkanes) is 3. The van der Waals surface area contributed by atoms with Crippen molar-refractivity contribution in [3.05, 3.63) is 72.8 Å². The van der Waals surface area contributed by atoms with E-state index in [9.17, 15) is 9.69 Å². The van der Waals surface area contributed by atoms with Gasteiger partial charge in [-0.3, -0.25) is 0 Å². The van der Waals surface area contributed by atoms with Gasteiger partial charge in [0, 0.05) is 30.9 Å². The lowest BCUT2D eigenvalue weighted by Crippen LogP contribution is -2.32. The molecule has 0 aromatic heterocycles. The van der Waals surface area contributed by atoms with Crippen LogP contribution in [-0.4, -0.2) is 29.9 Å². The van der Waals surface area contributed by atoms with Gasteiger partial charge >= 0.3 is 0 Å². The van der Waals surface area contributed by atoms with E-state index in [1.807, 2.05) is 60.7 Å². The molecule has 1 unspecified atom stereocenters. The van der Waals surface area contributed by atoms with Crippen molar-refractivity contribution in [3.8, 4) is 0 Å². The van der Waals surface area contributed by atoms with Gasteiger partial charge in [0.15, 0.2) is 7.79 Å². The zero-order chi connectivity index (χ0) is 20.5. The minimum absolute atomic E-state index is 0.218. The third-order valence-electron chi connectivity index (χ3n) is 5.46. The number of carbonyl (C=O) groups is 1. The number of para-hydroxylation sites is 2. The summed E-state index contributed by atoms with van der Waals surface area (Å²) in [5.74, 6) is 0. The van der Waals surface area contributed by atoms with E-state index in [0.717, 1.165) is 43.6 Å². The van der Waals surface area contributed by atoms with Crippen LogP contribution in [0.25, 0.3) is 0 Å². The van der Waals surface area contributed by atoms with E-state index in [0.29, 0.717) is 6.42 Å². The predicted octanol–water partition coefficient (Wildman–Crippen LogP) is 5.86. The quantitative estimate of drug-likeness (QED) is 0.230. The van der Waals surface area contributed by atoms with E-state index in [1.165, 1.54) is 12.8 Å². The average Bonchev–Trinajstić information content (AvgIpc) is 3.12. The fraction of sp³-hybridized carbons (Fsp3) is 0.375. The molecule has 0 saturated carbocycles. The van der Waals surface area contributed by atoms with Crippen molar-refractivity contribution in [1.29, 1.82) is 0 Å². The van der Waals surface area contributed by atoms with Crippen molar-refractivity contribution in [2.45, 2.75) is 44.7 Å². The summed E-state index contributed by atoms with van der Waals surface area (Å²) in [6.07, 6.45) is 10.0. The molecular weight excluding hydrogens is 379 g/mol. The highest BCUT2D eigenvalue weighted by molar-refractivity contribution is 7.74. The van der Waals surface area contributed by atoms with Crippen molar-refractivity contribution in [2.75, 3.05) is 22.4 Å². The van der Waals surface area contributed by atoms with Crippen molar-refractivity contribution in [2.24, 2.45) is 0 Å². The second-order valence-corrected chi connectivity index (χ2v) is 10.3. The number of hydrogen-bond donors (Lipinski definition) is 1. The third-order valence-corrected chi connectivity index (χ3v) is 9.01. The van der Waals surface area contributed by atoms with Crippen molar-refractivity contribution >= 4 is 25.5 Å². The lowest BCUT2D eigenvalue weighted by atomic mass is 10.2. The summed E-state index contributed by atoms with van der Waals surface area (Å²) in [7, 11) is -2.82. The van der Waals surface area contributed by atoms with Crippen LogP contribution >= 0.6 is 7.79 Å². The Balaban J connectivity index is 1.97. The number of rotatable bonds is 10.